The Labute approximate surface area is 146 Å². The molecule has 2 aromatic rings. The summed E-state index contributed by atoms with van der Waals surface area (Å²) in [6, 6.07) is 16.4. The third kappa shape index (κ3) is 3.50. The van der Waals surface area contributed by atoms with Gasteiger partial charge in [-0.05, 0) is 35.1 Å². The maximum Gasteiger partial charge on any atom is 0.0240 e. The Balaban J connectivity index is 1.37. The average Bonchev–Trinajstić information content (AvgIpc) is 2.63. The quantitative estimate of drug-likeness (QED) is 0.819. The molecule has 1 aliphatic heterocycles. The Morgan fingerprint density at radius 2 is 1.71 bits per heavy atom. The highest BCUT2D eigenvalue weighted by molar-refractivity contribution is 5.85. The second kappa shape index (κ2) is 7.25. The van der Waals surface area contributed by atoms with Crippen molar-refractivity contribution in [2.24, 2.45) is 5.92 Å². The zero-order valence-corrected chi connectivity index (χ0v) is 15.0. The van der Waals surface area contributed by atoms with Gasteiger partial charge in [-0.25, -0.2) is 0 Å². The van der Waals surface area contributed by atoms with Crippen molar-refractivity contribution < 1.29 is 0 Å². The summed E-state index contributed by atoms with van der Waals surface area (Å²) in [6.07, 6.45) is 5.72. The lowest BCUT2D eigenvalue weighted by Crippen LogP contribution is -2.50. The van der Waals surface area contributed by atoms with Crippen LogP contribution < -0.4 is 0 Å². The van der Waals surface area contributed by atoms with Crippen molar-refractivity contribution >= 4 is 10.8 Å². The summed E-state index contributed by atoms with van der Waals surface area (Å²) < 4.78 is 0. The van der Waals surface area contributed by atoms with Crippen molar-refractivity contribution in [2.75, 3.05) is 26.2 Å². The van der Waals surface area contributed by atoms with Gasteiger partial charge in [0.2, 0.25) is 0 Å². The summed E-state index contributed by atoms with van der Waals surface area (Å²) in [5, 5.41) is 2.79. The Bertz CT molecular complexity index is 667. The Hall–Kier alpha value is -1.38. The smallest absolute Gasteiger partial charge is 0.0240 e. The fourth-order valence-electron chi connectivity index (χ4n) is 4.69. The van der Waals surface area contributed by atoms with Gasteiger partial charge in [-0.3, -0.25) is 9.80 Å². The number of nitrogens with zero attached hydrogens (tertiary/aromatic N) is 2. The molecule has 0 aromatic heterocycles. The lowest BCUT2D eigenvalue weighted by atomic mass is 9.86. The highest BCUT2D eigenvalue weighted by Gasteiger charge is 2.27. The number of hydrogen-bond donors (Lipinski definition) is 0. The molecule has 0 radical (unpaired) electrons. The van der Waals surface area contributed by atoms with E-state index in [4.69, 9.17) is 0 Å². The number of piperazine rings is 1. The van der Waals surface area contributed by atoms with Crippen molar-refractivity contribution in [1.29, 1.82) is 0 Å². The standard InChI is InChI=1S/C22H30N2/c1-18-6-4-10-21(16-18)24-14-12-23(13-15-24)17-20-9-5-8-19-7-2-3-11-22(19)20/h2-3,5,7-9,11,18,21H,4,6,10,12-17H2,1H3. The molecular formula is C22H30N2. The molecule has 0 spiro atoms. The molecule has 24 heavy (non-hydrogen) atoms. The first-order valence-electron chi connectivity index (χ1n) is 9.72. The molecule has 2 fully saturated rings. The average molecular weight is 322 g/mol. The molecule has 4 rings (SSSR count). The first kappa shape index (κ1) is 16.1. The molecule has 2 atom stereocenters. The second-order valence-corrected chi connectivity index (χ2v) is 7.88. The third-order valence-corrected chi connectivity index (χ3v) is 6.11. The van der Waals surface area contributed by atoms with Crippen LogP contribution >= 0.6 is 0 Å². The van der Waals surface area contributed by atoms with E-state index in [2.05, 4.69) is 59.2 Å². The van der Waals surface area contributed by atoms with Gasteiger partial charge in [0.25, 0.3) is 0 Å². The van der Waals surface area contributed by atoms with Gasteiger partial charge in [-0.15, -0.1) is 0 Å². The van der Waals surface area contributed by atoms with Gasteiger partial charge < -0.3 is 0 Å². The molecule has 1 heterocycles. The number of fused-ring (bicyclic) bond motifs is 1. The lowest BCUT2D eigenvalue weighted by molar-refractivity contribution is 0.0661. The summed E-state index contributed by atoms with van der Waals surface area (Å²) in [5.74, 6) is 0.928. The lowest BCUT2D eigenvalue weighted by Gasteiger charge is -2.42. The van der Waals surface area contributed by atoms with Crippen molar-refractivity contribution in [3.63, 3.8) is 0 Å². The van der Waals surface area contributed by atoms with E-state index in [-0.39, 0.29) is 0 Å². The predicted molar refractivity (Wildman–Crippen MR) is 102 cm³/mol. The minimum atomic E-state index is 0.855. The minimum Gasteiger partial charge on any atom is -0.298 e. The van der Waals surface area contributed by atoms with Gasteiger partial charge in [-0.2, -0.15) is 0 Å². The fraction of sp³-hybridized carbons (Fsp3) is 0.545. The molecule has 2 unspecified atom stereocenters. The van der Waals surface area contributed by atoms with Crippen LogP contribution in [0.4, 0.5) is 0 Å². The molecule has 1 aliphatic carbocycles. The van der Waals surface area contributed by atoms with Crippen LogP contribution in [0, 0.1) is 5.92 Å². The number of rotatable bonds is 3. The van der Waals surface area contributed by atoms with Crippen molar-refractivity contribution in [3.05, 3.63) is 48.0 Å². The van der Waals surface area contributed by atoms with Crippen LogP contribution in [0.25, 0.3) is 10.8 Å². The Morgan fingerprint density at radius 1 is 0.917 bits per heavy atom. The van der Waals surface area contributed by atoms with Gasteiger partial charge in [0.05, 0.1) is 0 Å². The van der Waals surface area contributed by atoms with Crippen LogP contribution in [0.2, 0.25) is 0 Å². The SMILES string of the molecule is CC1CCCC(N2CCN(Cc3cccc4ccccc34)CC2)C1. The summed E-state index contributed by atoms with van der Waals surface area (Å²) in [7, 11) is 0. The van der Waals surface area contributed by atoms with E-state index in [9.17, 15) is 0 Å². The minimum absolute atomic E-state index is 0.855. The number of benzene rings is 2. The van der Waals surface area contributed by atoms with E-state index < -0.39 is 0 Å². The summed E-state index contributed by atoms with van der Waals surface area (Å²) in [5.41, 5.74) is 1.48. The molecule has 2 aliphatic rings. The van der Waals surface area contributed by atoms with E-state index in [0.717, 1.165) is 18.5 Å². The van der Waals surface area contributed by atoms with E-state index in [1.165, 1.54) is 68.2 Å². The number of hydrogen-bond acceptors (Lipinski definition) is 2. The van der Waals surface area contributed by atoms with Crippen LogP contribution in [-0.4, -0.2) is 42.0 Å². The third-order valence-electron chi connectivity index (χ3n) is 6.11. The molecule has 2 heteroatoms. The van der Waals surface area contributed by atoms with Crippen molar-refractivity contribution in [1.82, 2.24) is 9.80 Å². The normalized spacial score (nSPS) is 26.7. The van der Waals surface area contributed by atoms with Gasteiger partial charge >= 0.3 is 0 Å². The predicted octanol–water partition coefficient (Wildman–Crippen LogP) is 4.54. The van der Waals surface area contributed by atoms with Crippen molar-refractivity contribution in [3.8, 4) is 0 Å². The molecular weight excluding hydrogens is 292 g/mol. The fourth-order valence-corrected chi connectivity index (χ4v) is 4.69. The first-order chi connectivity index (χ1) is 11.8. The molecule has 1 saturated heterocycles. The van der Waals surface area contributed by atoms with Crippen LogP contribution in [0.5, 0.6) is 0 Å². The topological polar surface area (TPSA) is 6.48 Å². The largest absolute Gasteiger partial charge is 0.298 e. The monoisotopic (exact) mass is 322 g/mol. The molecule has 0 amide bonds. The molecule has 128 valence electrons. The highest BCUT2D eigenvalue weighted by Crippen LogP contribution is 2.28. The van der Waals surface area contributed by atoms with E-state index >= 15 is 0 Å². The van der Waals surface area contributed by atoms with Gasteiger partial charge in [0.15, 0.2) is 0 Å². The summed E-state index contributed by atoms with van der Waals surface area (Å²) >= 11 is 0. The van der Waals surface area contributed by atoms with Gasteiger partial charge in [-0.1, -0.05) is 62.2 Å². The summed E-state index contributed by atoms with van der Waals surface area (Å²) in [4.78, 5) is 5.42. The Kier molecular flexibility index (Phi) is 4.86. The first-order valence-corrected chi connectivity index (χ1v) is 9.72. The second-order valence-electron chi connectivity index (χ2n) is 7.88. The van der Waals surface area contributed by atoms with E-state index in [0.29, 0.717) is 0 Å². The molecule has 2 nitrogen and oxygen atoms in total. The maximum atomic E-state index is 2.77. The highest BCUT2D eigenvalue weighted by atomic mass is 15.3. The van der Waals surface area contributed by atoms with Crippen LogP contribution in [0.1, 0.15) is 38.2 Å². The molecule has 0 N–H and O–H groups in total. The van der Waals surface area contributed by atoms with Crippen molar-refractivity contribution in [2.45, 2.75) is 45.2 Å². The van der Waals surface area contributed by atoms with Crippen LogP contribution in [-0.2, 0) is 6.54 Å². The van der Waals surface area contributed by atoms with E-state index in [1.54, 1.807) is 0 Å². The van der Waals surface area contributed by atoms with Gasteiger partial charge in [0.1, 0.15) is 0 Å². The zero-order valence-electron chi connectivity index (χ0n) is 15.0. The van der Waals surface area contributed by atoms with Crippen LogP contribution in [0.3, 0.4) is 0 Å². The zero-order chi connectivity index (χ0) is 16.4. The molecule has 2 aromatic carbocycles. The van der Waals surface area contributed by atoms with Crippen LogP contribution in [0.15, 0.2) is 42.5 Å². The van der Waals surface area contributed by atoms with E-state index in [1.807, 2.05) is 0 Å². The Morgan fingerprint density at radius 3 is 2.54 bits per heavy atom. The maximum absolute atomic E-state index is 2.77. The summed E-state index contributed by atoms with van der Waals surface area (Å²) in [6.45, 7) is 8.46. The molecule has 1 saturated carbocycles. The van der Waals surface area contributed by atoms with Gasteiger partial charge in [0, 0.05) is 38.8 Å². The molecule has 0 bridgehead atoms.